The summed E-state index contributed by atoms with van der Waals surface area (Å²) >= 11 is 6.13. The molecule has 0 radical (unpaired) electrons. The molecule has 8 aromatic rings. The average Bonchev–Trinajstić information content (AvgIpc) is 4.18. The van der Waals surface area contributed by atoms with Gasteiger partial charge in [-0.05, 0) is 68.9 Å². The number of aromatic nitrogens is 12. The van der Waals surface area contributed by atoms with Crippen molar-refractivity contribution in [3.8, 4) is 45.6 Å². The molecule has 0 bridgehead atoms. The summed E-state index contributed by atoms with van der Waals surface area (Å²) in [6.07, 6.45) is 12.9. The van der Waals surface area contributed by atoms with Crippen molar-refractivity contribution in [2.75, 3.05) is 14.2 Å². The molecule has 2 fully saturated rings. The molecular formula is C45H48ClN13O4. The van der Waals surface area contributed by atoms with Crippen molar-refractivity contribution in [1.82, 2.24) is 59.1 Å². The van der Waals surface area contributed by atoms with E-state index < -0.39 is 0 Å². The third-order valence-corrected chi connectivity index (χ3v) is 11.1. The minimum absolute atomic E-state index is 0.130. The van der Waals surface area contributed by atoms with Crippen LogP contribution in [-0.4, -0.2) is 85.0 Å². The molecule has 2 saturated carbocycles. The molecule has 63 heavy (non-hydrogen) atoms. The third kappa shape index (κ3) is 9.00. The number of carbonyl (C=O) groups is 2. The van der Waals surface area contributed by atoms with E-state index in [2.05, 4.69) is 44.0 Å². The molecule has 10 rings (SSSR count). The predicted octanol–water partition coefficient (Wildman–Crippen LogP) is 6.63. The van der Waals surface area contributed by atoms with Crippen LogP contribution in [0.2, 0.25) is 5.15 Å². The summed E-state index contributed by atoms with van der Waals surface area (Å²) in [4.78, 5) is 39.8. The number of rotatable bonds is 12. The van der Waals surface area contributed by atoms with E-state index in [-0.39, 0.29) is 23.5 Å². The number of aryl methyl sites for hydroxylation is 4. The van der Waals surface area contributed by atoms with Crippen LogP contribution in [-0.2, 0) is 42.9 Å². The topological polar surface area (TPSA) is 201 Å². The first-order valence-corrected chi connectivity index (χ1v) is 21.2. The Morgan fingerprint density at radius 1 is 0.698 bits per heavy atom. The first-order chi connectivity index (χ1) is 30.5. The Bertz CT molecular complexity index is 2960. The second-order valence-electron chi connectivity index (χ2n) is 15.4. The number of methoxy groups -OCH3 is 2. The number of ether oxygens (including phenoxy) is 2. The minimum atomic E-state index is -0.130. The lowest BCUT2D eigenvalue weighted by atomic mass is 10.1. The molecule has 0 saturated heterocycles. The molecule has 2 aliphatic rings. The zero-order valence-electron chi connectivity index (χ0n) is 36.0. The van der Waals surface area contributed by atoms with Crippen LogP contribution >= 0.6 is 11.6 Å². The Balaban J connectivity index is 0.000000154. The lowest BCUT2D eigenvalue weighted by Gasteiger charge is -2.13. The van der Waals surface area contributed by atoms with Gasteiger partial charge in [-0.1, -0.05) is 37.6 Å². The molecule has 18 heteroatoms. The van der Waals surface area contributed by atoms with Crippen molar-refractivity contribution >= 4 is 45.1 Å². The van der Waals surface area contributed by atoms with Gasteiger partial charge < -0.3 is 15.2 Å². The molecule has 2 N–H and O–H groups in total. The number of nitrogens with two attached hydrogens (primary N) is 1. The molecule has 2 aromatic carbocycles. The largest absolute Gasteiger partial charge is 0.494 e. The van der Waals surface area contributed by atoms with Crippen molar-refractivity contribution < 1.29 is 19.1 Å². The monoisotopic (exact) mass is 869 g/mol. The maximum absolute atomic E-state index is 12.3. The van der Waals surface area contributed by atoms with E-state index in [1.54, 1.807) is 42.4 Å². The molecule has 6 aromatic heterocycles. The molecule has 0 atom stereocenters. The minimum Gasteiger partial charge on any atom is -0.494 e. The van der Waals surface area contributed by atoms with Gasteiger partial charge in [-0.2, -0.15) is 20.4 Å². The van der Waals surface area contributed by atoms with Crippen molar-refractivity contribution in [1.29, 1.82) is 0 Å². The first kappa shape index (κ1) is 42.7. The summed E-state index contributed by atoms with van der Waals surface area (Å²) in [5.41, 5.74) is 12.5. The highest BCUT2D eigenvalue weighted by molar-refractivity contribution is 6.30. The van der Waals surface area contributed by atoms with Gasteiger partial charge in [0.2, 0.25) is 5.91 Å². The van der Waals surface area contributed by atoms with Crippen LogP contribution in [0.4, 0.5) is 0 Å². The fourth-order valence-corrected chi connectivity index (χ4v) is 7.48. The van der Waals surface area contributed by atoms with Gasteiger partial charge in [0.05, 0.1) is 47.8 Å². The van der Waals surface area contributed by atoms with E-state index in [1.807, 2.05) is 78.2 Å². The number of nitrogens with zero attached hydrogens (tertiary/aromatic N) is 12. The quantitative estimate of drug-likeness (QED) is 0.129. The van der Waals surface area contributed by atoms with Crippen LogP contribution in [0.1, 0.15) is 56.6 Å². The number of ketones is 1. The summed E-state index contributed by atoms with van der Waals surface area (Å²) in [6.45, 7) is 4.13. The van der Waals surface area contributed by atoms with Gasteiger partial charge in [-0.15, -0.1) is 0 Å². The van der Waals surface area contributed by atoms with Gasteiger partial charge in [0, 0.05) is 67.3 Å². The smallest absolute Gasteiger partial charge is 0.220 e. The standard InChI is InChI=1S/C23H24N6O2.C18H17ClN6O.C4H7NO/c1-4-18-17-12-24-15(11-21(30)14-8-9-14)10-20(17)29(26-18)19-7-5-6-16(22(19)31-3)23-25-13-28(2)27-23;1-4-13-12-9-20-16(19)8-15(12)25(22-13)14-7-5-6-11(17(14)26-3)18-21-10-24(2)23-18;5-4(6)3-1-2-3/h5-7,10,12-14H,4,8-9,11H2,1-3H3;5-10H,4H2,1-3H3;3H,1-2H2,(H2,5,6). The molecule has 6 heterocycles. The summed E-state index contributed by atoms with van der Waals surface area (Å²) < 4.78 is 18.6. The molecule has 0 aliphatic heterocycles. The zero-order valence-corrected chi connectivity index (χ0v) is 36.7. The average molecular weight is 870 g/mol. The molecular weight excluding hydrogens is 822 g/mol. The van der Waals surface area contributed by atoms with Gasteiger partial charge >= 0.3 is 0 Å². The number of para-hydroxylation sites is 2. The fourth-order valence-electron chi connectivity index (χ4n) is 7.33. The Kier molecular flexibility index (Phi) is 12.3. The molecule has 2 aliphatic carbocycles. The van der Waals surface area contributed by atoms with Crippen LogP contribution < -0.4 is 15.2 Å². The number of Topliss-reactive ketones (excluding diaryl/α,β-unsaturated/α-hetero) is 1. The van der Waals surface area contributed by atoms with Gasteiger partial charge in [-0.25, -0.2) is 24.3 Å². The number of pyridine rings is 2. The van der Waals surface area contributed by atoms with Crippen molar-refractivity contribution in [2.24, 2.45) is 31.7 Å². The summed E-state index contributed by atoms with van der Waals surface area (Å²) in [7, 11) is 6.93. The molecule has 0 spiro atoms. The van der Waals surface area contributed by atoms with Crippen LogP contribution in [0, 0.1) is 11.8 Å². The van der Waals surface area contributed by atoms with Gasteiger partial charge in [0.25, 0.3) is 0 Å². The van der Waals surface area contributed by atoms with E-state index in [1.165, 1.54) is 0 Å². The first-order valence-electron chi connectivity index (χ1n) is 20.8. The van der Waals surface area contributed by atoms with Crippen molar-refractivity contribution in [3.05, 3.63) is 95.8 Å². The van der Waals surface area contributed by atoms with Crippen molar-refractivity contribution in [2.45, 2.75) is 58.8 Å². The Hall–Kier alpha value is -7.01. The SMILES string of the molecule is CCc1nn(-c2cccc(-c3ncn(C)n3)c2OC)c2cc(CC(=O)C3CC3)ncc12.CCc1nn(-c2cccc(-c3ncn(C)n3)c2OC)c2cc(Cl)ncc12.NC(=O)C1CC1. The number of halogens is 1. The van der Waals surface area contributed by atoms with E-state index >= 15 is 0 Å². The van der Waals surface area contributed by atoms with E-state index in [9.17, 15) is 9.59 Å². The lowest BCUT2D eigenvalue weighted by molar-refractivity contribution is -0.120. The number of amides is 1. The lowest BCUT2D eigenvalue weighted by Crippen LogP contribution is -2.11. The number of benzene rings is 2. The highest BCUT2D eigenvalue weighted by Crippen LogP contribution is 2.38. The van der Waals surface area contributed by atoms with Gasteiger partial charge in [0.1, 0.15) is 35.0 Å². The fraction of sp³-hybridized carbons (Fsp3) is 0.333. The normalized spacial score (nSPS) is 13.3. The third-order valence-electron chi connectivity index (χ3n) is 10.9. The number of fused-ring (bicyclic) bond motifs is 2. The maximum atomic E-state index is 12.3. The molecule has 1 amide bonds. The zero-order chi connectivity index (χ0) is 44.4. The Labute approximate surface area is 368 Å². The summed E-state index contributed by atoms with van der Waals surface area (Å²) in [6, 6.07) is 15.5. The maximum Gasteiger partial charge on any atom is 0.220 e. The second-order valence-corrected chi connectivity index (χ2v) is 15.8. The van der Waals surface area contributed by atoms with Crippen LogP contribution in [0.25, 0.3) is 56.0 Å². The predicted molar refractivity (Wildman–Crippen MR) is 238 cm³/mol. The van der Waals surface area contributed by atoms with Crippen molar-refractivity contribution in [3.63, 3.8) is 0 Å². The second kappa shape index (κ2) is 18.1. The molecule has 17 nitrogen and oxygen atoms in total. The van der Waals surface area contributed by atoms with E-state index in [4.69, 9.17) is 37.0 Å². The van der Waals surface area contributed by atoms with Crippen LogP contribution in [0.15, 0.2) is 73.6 Å². The molecule has 324 valence electrons. The van der Waals surface area contributed by atoms with E-state index in [0.29, 0.717) is 34.7 Å². The van der Waals surface area contributed by atoms with Gasteiger partial charge in [-0.3, -0.25) is 23.9 Å². The number of hydrogen-bond donors (Lipinski definition) is 1. The van der Waals surface area contributed by atoms with E-state index in [0.717, 1.165) is 99.9 Å². The number of hydrogen-bond acceptors (Lipinski definition) is 12. The number of carbonyl (C=O) groups excluding carboxylic acids is 2. The Morgan fingerprint density at radius 2 is 1.19 bits per heavy atom. The molecule has 0 unspecified atom stereocenters. The van der Waals surface area contributed by atoms with Crippen LogP contribution in [0.5, 0.6) is 11.5 Å². The Morgan fingerprint density at radius 3 is 1.60 bits per heavy atom. The number of primary amides is 1. The summed E-state index contributed by atoms with van der Waals surface area (Å²) in [5, 5.41) is 20.8. The summed E-state index contributed by atoms with van der Waals surface area (Å²) in [5.74, 6) is 3.08. The van der Waals surface area contributed by atoms with Crippen LogP contribution in [0.3, 0.4) is 0 Å². The highest BCUT2D eigenvalue weighted by Gasteiger charge is 2.30. The van der Waals surface area contributed by atoms with Gasteiger partial charge in [0.15, 0.2) is 23.1 Å². The highest BCUT2D eigenvalue weighted by atomic mass is 35.5.